The molecular weight excluding hydrogens is 304 g/mol. The topological polar surface area (TPSA) is 59.5 Å². The molecule has 2 heterocycles. The fourth-order valence-corrected chi connectivity index (χ4v) is 2.50. The molecule has 1 aliphatic heterocycles. The molecule has 0 radical (unpaired) electrons. The molecule has 0 spiro atoms. The van der Waals surface area contributed by atoms with E-state index in [1.165, 1.54) is 0 Å². The minimum atomic E-state index is 0.262. The highest BCUT2D eigenvalue weighted by atomic mass is 16.7. The zero-order valence-electron chi connectivity index (χ0n) is 13.1. The highest BCUT2D eigenvalue weighted by Crippen LogP contribution is 2.35. The Morgan fingerprint density at radius 1 is 0.958 bits per heavy atom. The van der Waals surface area contributed by atoms with Gasteiger partial charge in [0.25, 0.3) is 0 Å². The summed E-state index contributed by atoms with van der Waals surface area (Å²) >= 11 is 0. The minimum Gasteiger partial charge on any atom is -0.454 e. The van der Waals surface area contributed by atoms with Gasteiger partial charge in [0.1, 0.15) is 18.0 Å². The molecule has 0 bridgehead atoms. The van der Waals surface area contributed by atoms with Gasteiger partial charge in [-0.15, -0.1) is 0 Å². The van der Waals surface area contributed by atoms with Crippen LogP contribution in [0.4, 0.5) is 23.0 Å². The average Bonchev–Trinajstić information content (AvgIpc) is 3.10. The van der Waals surface area contributed by atoms with Crippen molar-refractivity contribution >= 4 is 23.0 Å². The van der Waals surface area contributed by atoms with Crippen LogP contribution in [0.3, 0.4) is 0 Å². The van der Waals surface area contributed by atoms with Gasteiger partial charge in [-0.3, -0.25) is 0 Å². The number of anilines is 4. The Bertz CT molecular complexity index is 855. The van der Waals surface area contributed by atoms with Crippen LogP contribution in [0, 0.1) is 0 Å². The molecule has 3 aromatic rings. The van der Waals surface area contributed by atoms with E-state index < -0.39 is 0 Å². The number of benzene rings is 2. The van der Waals surface area contributed by atoms with Crippen molar-refractivity contribution < 1.29 is 9.47 Å². The molecule has 0 saturated carbocycles. The molecule has 6 nitrogen and oxygen atoms in total. The van der Waals surface area contributed by atoms with Gasteiger partial charge in [0.15, 0.2) is 11.5 Å². The second-order valence-corrected chi connectivity index (χ2v) is 5.35. The lowest BCUT2D eigenvalue weighted by Gasteiger charge is -2.18. The molecule has 1 aliphatic rings. The molecule has 2 aromatic carbocycles. The monoisotopic (exact) mass is 320 g/mol. The SMILES string of the molecule is CN(c1ccccc1)c1cc(Nc2ccc3c(c2)OCO3)ncn1. The Kier molecular flexibility index (Phi) is 3.63. The number of hydrogen-bond donors (Lipinski definition) is 1. The van der Waals surface area contributed by atoms with Gasteiger partial charge in [0, 0.05) is 30.6 Å². The first-order valence-electron chi connectivity index (χ1n) is 7.57. The first-order chi connectivity index (χ1) is 11.8. The number of para-hydroxylation sites is 1. The average molecular weight is 320 g/mol. The normalized spacial score (nSPS) is 12.0. The number of aromatic nitrogens is 2. The van der Waals surface area contributed by atoms with E-state index >= 15 is 0 Å². The molecular formula is C18H16N4O2. The molecule has 1 aromatic heterocycles. The van der Waals surface area contributed by atoms with Crippen molar-refractivity contribution in [2.75, 3.05) is 24.1 Å². The highest BCUT2D eigenvalue weighted by Gasteiger charge is 2.13. The van der Waals surface area contributed by atoms with Gasteiger partial charge in [-0.1, -0.05) is 18.2 Å². The fourth-order valence-electron chi connectivity index (χ4n) is 2.50. The van der Waals surface area contributed by atoms with Crippen molar-refractivity contribution in [1.29, 1.82) is 0 Å². The standard InChI is InChI=1S/C18H16N4O2/c1-22(14-5-3-2-4-6-14)18-10-17(19-11-20-18)21-13-7-8-15-16(9-13)24-12-23-15/h2-11H,12H2,1H3,(H,19,20,21). The van der Waals surface area contributed by atoms with Crippen LogP contribution >= 0.6 is 0 Å². The van der Waals surface area contributed by atoms with E-state index in [9.17, 15) is 0 Å². The van der Waals surface area contributed by atoms with E-state index in [0.717, 1.165) is 28.7 Å². The van der Waals surface area contributed by atoms with Crippen molar-refractivity contribution in [3.05, 3.63) is 60.9 Å². The van der Waals surface area contributed by atoms with Crippen molar-refractivity contribution in [2.24, 2.45) is 0 Å². The Morgan fingerprint density at radius 2 is 1.79 bits per heavy atom. The third kappa shape index (κ3) is 2.81. The highest BCUT2D eigenvalue weighted by molar-refractivity contribution is 5.66. The summed E-state index contributed by atoms with van der Waals surface area (Å²) < 4.78 is 10.7. The number of rotatable bonds is 4. The van der Waals surface area contributed by atoms with E-state index in [1.54, 1.807) is 6.33 Å². The van der Waals surface area contributed by atoms with E-state index in [4.69, 9.17) is 9.47 Å². The number of nitrogens with zero attached hydrogens (tertiary/aromatic N) is 3. The third-order valence-electron chi connectivity index (χ3n) is 3.78. The summed E-state index contributed by atoms with van der Waals surface area (Å²) in [6, 6.07) is 17.7. The first-order valence-corrected chi connectivity index (χ1v) is 7.57. The van der Waals surface area contributed by atoms with E-state index in [-0.39, 0.29) is 6.79 Å². The lowest BCUT2D eigenvalue weighted by atomic mass is 10.2. The van der Waals surface area contributed by atoms with Crippen LogP contribution in [0.1, 0.15) is 0 Å². The van der Waals surface area contributed by atoms with Gasteiger partial charge >= 0.3 is 0 Å². The predicted molar refractivity (Wildman–Crippen MR) is 92.4 cm³/mol. The summed E-state index contributed by atoms with van der Waals surface area (Å²) in [4.78, 5) is 10.6. The van der Waals surface area contributed by atoms with Gasteiger partial charge in [-0.2, -0.15) is 0 Å². The maximum Gasteiger partial charge on any atom is 0.231 e. The van der Waals surface area contributed by atoms with Crippen LogP contribution < -0.4 is 19.7 Å². The quantitative estimate of drug-likeness (QED) is 0.790. The summed E-state index contributed by atoms with van der Waals surface area (Å²) in [5.41, 5.74) is 1.94. The summed E-state index contributed by atoms with van der Waals surface area (Å²) in [6.45, 7) is 0.262. The Hall–Kier alpha value is -3.28. The molecule has 4 rings (SSSR count). The second kappa shape index (κ2) is 6.08. The minimum absolute atomic E-state index is 0.262. The number of hydrogen-bond acceptors (Lipinski definition) is 6. The molecule has 0 fully saturated rings. The van der Waals surface area contributed by atoms with E-state index in [0.29, 0.717) is 5.82 Å². The lowest BCUT2D eigenvalue weighted by Crippen LogP contribution is -2.11. The lowest BCUT2D eigenvalue weighted by molar-refractivity contribution is 0.174. The summed E-state index contributed by atoms with van der Waals surface area (Å²) in [7, 11) is 1.97. The Balaban J connectivity index is 1.57. The van der Waals surface area contributed by atoms with E-state index in [2.05, 4.69) is 15.3 Å². The van der Waals surface area contributed by atoms with Crippen LogP contribution in [-0.4, -0.2) is 23.8 Å². The van der Waals surface area contributed by atoms with Crippen molar-refractivity contribution in [3.8, 4) is 11.5 Å². The third-order valence-corrected chi connectivity index (χ3v) is 3.78. The molecule has 1 N–H and O–H groups in total. The molecule has 120 valence electrons. The zero-order valence-corrected chi connectivity index (χ0v) is 13.1. The van der Waals surface area contributed by atoms with E-state index in [1.807, 2.05) is 66.5 Å². The molecule has 0 atom stereocenters. The van der Waals surface area contributed by atoms with Gasteiger partial charge in [-0.25, -0.2) is 9.97 Å². The van der Waals surface area contributed by atoms with Crippen LogP contribution in [-0.2, 0) is 0 Å². The van der Waals surface area contributed by atoms with Gasteiger partial charge in [0.2, 0.25) is 6.79 Å². The van der Waals surface area contributed by atoms with Crippen molar-refractivity contribution in [2.45, 2.75) is 0 Å². The van der Waals surface area contributed by atoms with Gasteiger partial charge < -0.3 is 19.7 Å². The second-order valence-electron chi connectivity index (χ2n) is 5.35. The molecule has 0 amide bonds. The van der Waals surface area contributed by atoms with Gasteiger partial charge in [-0.05, 0) is 24.3 Å². The largest absolute Gasteiger partial charge is 0.454 e. The van der Waals surface area contributed by atoms with Crippen LogP contribution in [0.25, 0.3) is 0 Å². The molecule has 0 saturated heterocycles. The molecule has 0 unspecified atom stereocenters. The number of nitrogens with one attached hydrogen (secondary N) is 1. The molecule has 6 heteroatoms. The van der Waals surface area contributed by atoms with Crippen LogP contribution in [0.2, 0.25) is 0 Å². The molecule has 0 aliphatic carbocycles. The summed E-state index contributed by atoms with van der Waals surface area (Å²) in [6.07, 6.45) is 1.55. The zero-order chi connectivity index (χ0) is 16.4. The predicted octanol–water partition coefficient (Wildman–Crippen LogP) is 3.72. The Morgan fingerprint density at radius 3 is 2.67 bits per heavy atom. The summed E-state index contributed by atoms with van der Waals surface area (Å²) in [5, 5.41) is 3.27. The maximum absolute atomic E-state index is 5.39. The number of fused-ring (bicyclic) bond motifs is 1. The Labute approximate surface area is 139 Å². The molecule has 24 heavy (non-hydrogen) atoms. The smallest absolute Gasteiger partial charge is 0.231 e. The van der Waals surface area contributed by atoms with Crippen LogP contribution in [0.15, 0.2) is 60.9 Å². The van der Waals surface area contributed by atoms with Crippen molar-refractivity contribution in [1.82, 2.24) is 9.97 Å². The van der Waals surface area contributed by atoms with Gasteiger partial charge in [0.05, 0.1) is 0 Å². The first kappa shape index (κ1) is 14.3. The fraction of sp³-hybridized carbons (Fsp3) is 0.111. The maximum atomic E-state index is 5.39. The van der Waals surface area contributed by atoms with Crippen molar-refractivity contribution in [3.63, 3.8) is 0 Å². The van der Waals surface area contributed by atoms with Crippen LogP contribution in [0.5, 0.6) is 11.5 Å². The number of ether oxygens (including phenoxy) is 2. The summed E-state index contributed by atoms with van der Waals surface area (Å²) in [5.74, 6) is 3.00.